The van der Waals surface area contributed by atoms with Crippen LogP contribution in [0.1, 0.15) is 0 Å². The molecule has 2 aromatic rings. The van der Waals surface area contributed by atoms with Crippen molar-refractivity contribution in [3.05, 3.63) is 60.7 Å². The average molecular weight is 815 g/mol. The van der Waals surface area contributed by atoms with Gasteiger partial charge in [-0.15, -0.1) is 0 Å². The molecule has 4 nitrogen and oxygen atoms in total. The van der Waals surface area contributed by atoms with E-state index < -0.39 is 32.3 Å². The Balaban J connectivity index is -0.000000293. The molecule has 0 saturated carbocycles. The summed E-state index contributed by atoms with van der Waals surface area (Å²) >= 11 is 0. The van der Waals surface area contributed by atoms with E-state index in [1.807, 2.05) is 0 Å². The molecule has 0 saturated heterocycles. The second kappa shape index (κ2) is 29.3. The van der Waals surface area contributed by atoms with Gasteiger partial charge in [-0.3, -0.25) is 0 Å². The van der Waals surface area contributed by atoms with Crippen molar-refractivity contribution in [3.8, 4) is 0 Å². The number of benzene rings is 2. The Labute approximate surface area is 366 Å². The molecule has 0 bridgehead atoms. The summed E-state index contributed by atoms with van der Waals surface area (Å²) in [6.45, 7) is 35.1. The molecule has 0 heterocycles. The first-order valence-electron chi connectivity index (χ1n) is 18.1. The second-order valence-electron chi connectivity index (χ2n) is 18.7. The fourth-order valence-corrected chi connectivity index (χ4v) is 35.7. The van der Waals surface area contributed by atoms with Crippen LogP contribution in [0.15, 0.2) is 60.7 Å². The van der Waals surface area contributed by atoms with E-state index >= 15 is 0 Å². The first-order chi connectivity index (χ1) is 21.7. The Bertz CT molecular complexity index is 927. The van der Waals surface area contributed by atoms with Crippen molar-refractivity contribution in [2.45, 2.75) is 88.4 Å². The van der Waals surface area contributed by atoms with Gasteiger partial charge in [-0.25, -0.2) is 10.6 Å². The number of hydrogen-bond acceptors (Lipinski definition) is 2. The maximum absolute atomic E-state index is 2.52. The smallest absolute Gasteiger partial charge is 0.509 e. The normalized spacial score (nSPS) is 12.5. The molecule has 0 aliphatic heterocycles. The van der Waals surface area contributed by atoms with Crippen LogP contribution in [-0.2, 0) is 0 Å². The number of quaternary nitrogens is 2. The Morgan fingerprint density at radius 1 is 0.460 bits per heavy atom. The molecule has 12 heteroatoms. The molecule has 0 aliphatic carbocycles. The Morgan fingerprint density at radius 2 is 0.680 bits per heavy atom. The van der Waals surface area contributed by atoms with E-state index in [4.69, 9.17) is 0 Å². The molecule has 2 N–H and O–H groups in total. The maximum atomic E-state index is 2.52. The van der Waals surface area contributed by atoms with Gasteiger partial charge in [0.05, 0.1) is 28.2 Å². The summed E-state index contributed by atoms with van der Waals surface area (Å²) in [7, 11) is 16.0. The SMILES string of the molecule is CN(C)CCN(C)C.C[NH+](C)CC[NH+](C)C.C[Si](C)(C)C([P-]c1ccccc1)[Si](C)(C)C.C[Si](C)(C)C([P-]c1ccccc1)[Si](C)(C)C.[Na+].[Na+]. The van der Waals surface area contributed by atoms with E-state index in [2.05, 4.69) is 205 Å². The van der Waals surface area contributed by atoms with Gasteiger partial charge in [0.25, 0.3) is 0 Å². The van der Waals surface area contributed by atoms with Crippen molar-refractivity contribution in [2.24, 2.45) is 0 Å². The second-order valence-corrected chi connectivity index (χ2v) is 45.6. The van der Waals surface area contributed by atoms with E-state index in [-0.39, 0.29) is 59.1 Å². The predicted molar refractivity (Wildman–Crippen MR) is 239 cm³/mol. The molecule has 0 amide bonds. The van der Waals surface area contributed by atoms with Gasteiger partial charge in [0.2, 0.25) is 0 Å². The van der Waals surface area contributed by atoms with Gasteiger partial charge >= 0.3 is 59.1 Å². The third-order valence-electron chi connectivity index (χ3n) is 7.47. The van der Waals surface area contributed by atoms with Gasteiger partial charge < -0.3 is 36.8 Å². The van der Waals surface area contributed by atoms with Crippen LogP contribution in [-0.4, -0.2) is 134 Å². The summed E-state index contributed by atoms with van der Waals surface area (Å²) < 4.78 is 0. The third-order valence-corrected chi connectivity index (χ3v) is 37.0. The van der Waals surface area contributed by atoms with Crippen molar-refractivity contribution in [1.29, 1.82) is 0 Å². The number of rotatable bonds is 14. The number of hydrogen-bond donors (Lipinski definition) is 2. The van der Waals surface area contributed by atoms with Crippen molar-refractivity contribution >= 4 is 60.1 Å². The van der Waals surface area contributed by atoms with E-state index in [1.54, 1.807) is 17.2 Å². The van der Waals surface area contributed by atoms with Crippen LogP contribution in [0.3, 0.4) is 0 Å². The summed E-state index contributed by atoms with van der Waals surface area (Å²) in [4.78, 5) is 9.32. The van der Waals surface area contributed by atoms with E-state index in [9.17, 15) is 0 Å². The average Bonchev–Trinajstić information content (AvgIpc) is 2.92. The molecule has 280 valence electrons. The van der Waals surface area contributed by atoms with Crippen molar-refractivity contribution < 1.29 is 68.9 Å². The number of nitrogens with one attached hydrogen (secondary N) is 2. The summed E-state index contributed by atoms with van der Waals surface area (Å²) in [5, 5.41) is 3.00. The van der Waals surface area contributed by atoms with Crippen LogP contribution >= 0.6 is 17.2 Å². The molecule has 0 radical (unpaired) electrons. The maximum Gasteiger partial charge on any atom is 1.00 e. The molecule has 0 unspecified atom stereocenters. The van der Waals surface area contributed by atoms with Crippen molar-refractivity contribution in [1.82, 2.24) is 9.80 Å². The van der Waals surface area contributed by atoms with E-state index in [0.29, 0.717) is 0 Å². The van der Waals surface area contributed by atoms with Gasteiger partial charge in [0.15, 0.2) is 0 Å². The molecule has 0 aromatic heterocycles. The quantitative estimate of drug-likeness (QED) is 0.209. The summed E-state index contributed by atoms with van der Waals surface area (Å²) in [5.41, 5.74) is 0. The Hall–Kier alpha value is 2.01. The van der Waals surface area contributed by atoms with Crippen LogP contribution in [0.25, 0.3) is 0 Å². The zero-order valence-corrected chi connectivity index (χ0v) is 47.3. The summed E-state index contributed by atoms with van der Waals surface area (Å²) in [6.07, 6.45) is 0. The van der Waals surface area contributed by atoms with E-state index in [0.717, 1.165) is 22.9 Å². The molecule has 0 atom stereocenters. The summed E-state index contributed by atoms with van der Waals surface area (Å²) in [5.74, 6) is 0. The summed E-state index contributed by atoms with van der Waals surface area (Å²) in [6, 6.07) is 21.9. The molecule has 2 rings (SSSR count). The van der Waals surface area contributed by atoms with Gasteiger partial charge in [0.1, 0.15) is 13.1 Å². The minimum absolute atomic E-state index is 0. The zero-order chi connectivity index (χ0) is 37.9. The third kappa shape index (κ3) is 33.4. The molecule has 0 fully saturated rings. The van der Waals surface area contributed by atoms with E-state index in [1.165, 1.54) is 33.5 Å². The van der Waals surface area contributed by atoms with Gasteiger partial charge in [-0.05, 0) is 28.2 Å². The first-order valence-corrected chi connectivity index (χ1v) is 34.3. The predicted octanol–water partition coefficient (Wildman–Crippen LogP) is 0.156. The standard InChI is InChI=1S/2C13H24PSi2.2C6H16N2.2Na/c2*1-15(2,3)13(16(4,5)6)14-12-10-8-7-9-11-12;2*1-7(2)5-6-8(3)4;;/h2*7-11,13H,1-6H3;2*5-6H2,1-4H3;;/q2*-1;;;2*+1/p+2. The van der Waals surface area contributed by atoms with Gasteiger partial charge in [0, 0.05) is 45.4 Å². The van der Waals surface area contributed by atoms with Crippen LogP contribution in [0, 0.1) is 0 Å². The molecule has 0 spiro atoms. The fraction of sp³-hybridized carbons (Fsp3) is 0.684. The van der Waals surface area contributed by atoms with Crippen molar-refractivity contribution in [2.75, 3.05) is 82.6 Å². The molecule has 50 heavy (non-hydrogen) atoms. The minimum Gasteiger partial charge on any atom is -0.509 e. The Morgan fingerprint density at radius 3 is 0.840 bits per heavy atom. The van der Waals surface area contributed by atoms with Crippen LogP contribution in [0.4, 0.5) is 0 Å². The van der Waals surface area contributed by atoms with Gasteiger partial charge in [-0.1, -0.05) is 139 Å². The topological polar surface area (TPSA) is 15.4 Å². The number of nitrogens with zero attached hydrogens (tertiary/aromatic N) is 2. The number of likely N-dealkylation sites (N-methyl/N-ethyl adjacent to an activating group) is 4. The van der Waals surface area contributed by atoms with Crippen LogP contribution in [0.5, 0.6) is 0 Å². The molecular weight excluding hydrogens is 733 g/mol. The fourth-order valence-electron chi connectivity index (χ4n) is 5.60. The minimum atomic E-state index is -1.06. The van der Waals surface area contributed by atoms with Crippen molar-refractivity contribution in [3.63, 3.8) is 0 Å². The monoisotopic (exact) mass is 814 g/mol. The van der Waals surface area contributed by atoms with Crippen LogP contribution < -0.4 is 79.5 Å². The van der Waals surface area contributed by atoms with Crippen LogP contribution in [0.2, 0.25) is 78.6 Å². The molecule has 2 aromatic carbocycles. The van der Waals surface area contributed by atoms with Gasteiger partial charge in [-0.2, -0.15) is 9.81 Å². The zero-order valence-electron chi connectivity index (χ0n) is 37.5. The first kappa shape index (κ1) is 58.7. The Kier molecular flexibility index (Phi) is 34.4. The largest absolute Gasteiger partial charge is 1.00 e. The molecular formula is C38H82N4Na2P2Si4+2. The molecule has 0 aliphatic rings.